The number of pyridine rings is 1. The summed E-state index contributed by atoms with van der Waals surface area (Å²) >= 11 is 0. The predicted molar refractivity (Wildman–Crippen MR) is 292 cm³/mol. The molecule has 0 fully saturated rings. The maximum Gasteiger partial charge on any atom is 0.268 e. The third-order valence-electron chi connectivity index (χ3n) is 13.0. The Hall–Kier alpha value is -7.33. The van der Waals surface area contributed by atoms with Crippen molar-refractivity contribution in [2.24, 2.45) is 0 Å². The van der Waals surface area contributed by atoms with Gasteiger partial charge in [-0.05, 0) is 108 Å². The van der Waals surface area contributed by atoms with Crippen LogP contribution in [-0.4, -0.2) is 14.1 Å². The molecular weight excluding hydrogens is 1060 g/mol. The van der Waals surface area contributed by atoms with Gasteiger partial charge >= 0.3 is 0 Å². The minimum absolute atomic E-state index is 0. The third-order valence-corrected chi connectivity index (χ3v) is 13.0. The van der Waals surface area contributed by atoms with Gasteiger partial charge in [0.2, 0.25) is 0 Å². The molecule has 0 aliphatic rings. The number of aromatic nitrogens is 4. The standard InChI is InChI=1S/C66H58N4O.Pt/c1-64(2,3)48-33-34-67-62(40-48)70-58-28-17-16-27-54(58)55-32-31-53(42-61(55)70)71-52-26-20-25-51(41-52)68-43-69(60-30-19-18-29-59(60)68)63-56(44-21-12-10-13-22-44)37-47(38-57(63)45-23-14-11-15-24-45)46-35-49(65(4,5)6)39-50(36-46)66(7,8)9;/h10-40H,1-9H3;/q-2;/i10D,11D,12D,13D,14D,15D,21D,22D,23D,24D;. The number of nitrogens with zero attached hydrogens (tertiary/aromatic N) is 4. The number of fused-ring (bicyclic) bond motifs is 4. The van der Waals surface area contributed by atoms with Crippen molar-refractivity contribution in [2.45, 2.75) is 78.6 Å². The van der Waals surface area contributed by atoms with E-state index in [1.165, 1.54) is 0 Å². The first-order valence-corrected chi connectivity index (χ1v) is 23.8. The Morgan fingerprint density at radius 2 is 1.11 bits per heavy atom. The van der Waals surface area contributed by atoms with Gasteiger partial charge in [-0.3, -0.25) is 4.57 Å². The Kier molecular flexibility index (Phi) is 9.72. The summed E-state index contributed by atoms with van der Waals surface area (Å²) < 4.78 is 103. The molecule has 0 spiro atoms. The van der Waals surface area contributed by atoms with E-state index in [2.05, 4.69) is 122 Å². The fourth-order valence-corrected chi connectivity index (χ4v) is 9.18. The van der Waals surface area contributed by atoms with E-state index in [1.807, 2.05) is 72.9 Å². The quantitative estimate of drug-likeness (QED) is 0.112. The number of rotatable bonds is 8. The zero-order valence-corrected chi connectivity index (χ0v) is 43.9. The van der Waals surface area contributed by atoms with E-state index >= 15 is 0 Å². The molecule has 0 saturated carbocycles. The molecule has 5 nitrogen and oxygen atoms in total. The number of benzene rings is 8. The van der Waals surface area contributed by atoms with Crippen molar-refractivity contribution in [3.8, 4) is 62.1 Å². The van der Waals surface area contributed by atoms with Crippen LogP contribution < -0.4 is 9.30 Å². The van der Waals surface area contributed by atoms with Crippen molar-refractivity contribution in [1.29, 1.82) is 0 Å². The monoisotopic (exact) mass is 1130 g/mol. The number of para-hydroxylation sites is 3. The van der Waals surface area contributed by atoms with Crippen LogP contribution in [0.15, 0.2) is 188 Å². The summed E-state index contributed by atoms with van der Waals surface area (Å²) in [4.78, 5) is 4.83. The Bertz CT molecular complexity index is 4230. The van der Waals surface area contributed by atoms with E-state index < -0.39 is 60.4 Å². The molecule has 11 rings (SSSR count). The van der Waals surface area contributed by atoms with E-state index in [0.29, 0.717) is 39.3 Å². The van der Waals surface area contributed by atoms with Crippen molar-refractivity contribution in [1.82, 2.24) is 14.1 Å². The molecule has 72 heavy (non-hydrogen) atoms. The van der Waals surface area contributed by atoms with Crippen molar-refractivity contribution >= 4 is 32.8 Å². The van der Waals surface area contributed by atoms with Crippen LogP contribution in [0.1, 0.15) is 92.7 Å². The fraction of sp³-hybridized carbons (Fsp3) is 0.182. The molecule has 11 aromatic rings. The first kappa shape index (κ1) is 37.4. The van der Waals surface area contributed by atoms with Gasteiger partial charge in [0.15, 0.2) is 0 Å². The fourth-order valence-electron chi connectivity index (χ4n) is 9.18. The van der Waals surface area contributed by atoms with Crippen molar-refractivity contribution in [3.05, 3.63) is 223 Å². The second-order valence-corrected chi connectivity index (χ2v) is 21.1. The number of hydrogen-bond donors (Lipinski definition) is 0. The molecule has 0 aliphatic carbocycles. The topological polar surface area (TPSA) is 35.9 Å². The van der Waals surface area contributed by atoms with Gasteiger partial charge in [-0.25, -0.2) is 4.98 Å². The van der Waals surface area contributed by atoms with Gasteiger partial charge in [0, 0.05) is 44.3 Å². The molecule has 6 heteroatoms. The number of ether oxygens (including phenoxy) is 1. The van der Waals surface area contributed by atoms with E-state index in [-0.39, 0.29) is 65.3 Å². The maximum atomic E-state index is 9.49. The van der Waals surface area contributed by atoms with Gasteiger partial charge in [0.25, 0.3) is 6.33 Å². The average molecular weight is 1130 g/mol. The molecule has 8 aromatic carbocycles. The molecule has 3 heterocycles. The van der Waals surface area contributed by atoms with E-state index in [4.69, 9.17) is 17.9 Å². The molecule has 0 aliphatic heterocycles. The van der Waals surface area contributed by atoms with Crippen LogP contribution in [-0.2, 0) is 37.3 Å². The van der Waals surface area contributed by atoms with Crippen LogP contribution in [0.25, 0.3) is 83.4 Å². The molecule has 0 N–H and O–H groups in total. The van der Waals surface area contributed by atoms with Crippen LogP contribution in [0, 0.1) is 18.5 Å². The summed E-state index contributed by atoms with van der Waals surface area (Å²) in [5.41, 5.74) is 7.12. The second kappa shape index (κ2) is 18.7. The molecular formula is C66H58N4OPt-2. The summed E-state index contributed by atoms with van der Waals surface area (Å²) in [6, 6.07) is 40.5. The Labute approximate surface area is 452 Å². The minimum Gasteiger partial charge on any atom is -0.510 e. The second-order valence-electron chi connectivity index (χ2n) is 21.1. The van der Waals surface area contributed by atoms with Gasteiger partial charge < -0.3 is 13.9 Å². The van der Waals surface area contributed by atoms with Crippen molar-refractivity contribution < 1.29 is 44.1 Å². The van der Waals surface area contributed by atoms with E-state index in [9.17, 15) is 5.48 Å². The van der Waals surface area contributed by atoms with Crippen LogP contribution in [0.2, 0.25) is 0 Å². The van der Waals surface area contributed by atoms with Gasteiger partial charge in [0.1, 0.15) is 5.82 Å². The first-order valence-electron chi connectivity index (χ1n) is 28.8. The third kappa shape index (κ3) is 9.12. The normalized spacial score (nSPS) is 14.1. The van der Waals surface area contributed by atoms with Gasteiger partial charge in [0.05, 0.1) is 30.4 Å². The van der Waals surface area contributed by atoms with Gasteiger partial charge in [-0.2, -0.15) is 18.2 Å². The Morgan fingerprint density at radius 1 is 0.528 bits per heavy atom. The number of imidazole rings is 1. The molecule has 0 bridgehead atoms. The molecule has 0 radical (unpaired) electrons. The number of hydrogen-bond acceptors (Lipinski definition) is 2. The zero-order chi connectivity index (χ0) is 57.9. The average Bonchev–Trinajstić information content (AvgIpc) is 1.90. The maximum absolute atomic E-state index is 9.49. The predicted octanol–water partition coefficient (Wildman–Crippen LogP) is 16.5. The van der Waals surface area contributed by atoms with Crippen LogP contribution in [0.3, 0.4) is 0 Å². The molecule has 360 valence electrons. The van der Waals surface area contributed by atoms with E-state index in [1.54, 1.807) is 27.3 Å². The largest absolute Gasteiger partial charge is 0.510 e. The zero-order valence-electron chi connectivity index (χ0n) is 51.6. The summed E-state index contributed by atoms with van der Waals surface area (Å²) in [7, 11) is 0. The molecule has 3 aromatic heterocycles. The van der Waals surface area contributed by atoms with Crippen molar-refractivity contribution in [3.63, 3.8) is 0 Å². The first-order chi connectivity index (χ1) is 38.2. The van der Waals surface area contributed by atoms with Crippen LogP contribution >= 0.6 is 0 Å². The van der Waals surface area contributed by atoms with E-state index in [0.717, 1.165) is 44.3 Å². The summed E-state index contributed by atoms with van der Waals surface area (Å²) in [6.07, 6.45) is 5.35. The Morgan fingerprint density at radius 3 is 1.75 bits per heavy atom. The smallest absolute Gasteiger partial charge is 0.268 e. The van der Waals surface area contributed by atoms with Gasteiger partial charge in [-0.15, -0.1) is 29.7 Å². The van der Waals surface area contributed by atoms with Crippen molar-refractivity contribution in [2.75, 3.05) is 0 Å². The Balaban J connectivity index is 0.00000753. The SMILES string of the molecule is [2H]c1c([2H])c([2H])c(-c2cc(-c3cc(C(C)(C)C)cc(C(C)(C)C)c3)cc(-c3c([2H])c([2H])c([2H])c([2H])c3[2H])c2-[n+]2[c-]n(-c3[c-]c(Oc4[c-]c5c(cc4)c4ccccc4n5-c4cc(C(C)(C)C)ccn4)ccc3)c3ccccc32)c([2H])c1[2H].[Pt]. The van der Waals surface area contributed by atoms with Gasteiger partial charge in [-0.1, -0.05) is 189 Å². The van der Waals surface area contributed by atoms with Crippen LogP contribution in [0.4, 0.5) is 0 Å². The summed E-state index contributed by atoms with van der Waals surface area (Å²) in [5, 5.41) is 2.02. The molecule has 0 atom stereocenters. The summed E-state index contributed by atoms with van der Waals surface area (Å²) in [5.74, 6) is 1.53. The minimum atomic E-state index is -0.582. The molecule has 0 amide bonds. The van der Waals surface area contributed by atoms with Crippen LogP contribution in [0.5, 0.6) is 11.5 Å². The molecule has 0 unspecified atom stereocenters. The summed E-state index contributed by atoms with van der Waals surface area (Å²) in [6.45, 7) is 19.2. The molecule has 0 saturated heterocycles.